The number of amides is 1. The minimum atomic E-state index is -1.37. The lowest BCUT2D eigenvalue weighted by Gasteiger charge is -2.12. The van der Waals surface area contributed by atoms with Gasteiger partial charge in [0.05, 0.1) is 5.52 Å². The molecule has 0 aliphatic heterocycles. The first-order valence-corrected chi connectivity index (χ1v) is 8.18. The van der Waals surface area contributed by atoms with E-state index in [0.29, 0.717) is 0 Å². The maximum atomic E-state index is 14.1. The van der Waals surface area contributed by atoms with E-state index in [1.54, 1.807) is 0 Å². The third kappa shape index (κ3) is 4.05. The minimum absolute atomic E-state index is 0.0365. The fraction of sp³-hybridized carbons (Fsp3) is 0.105. The maximum Gasteiger partial charge on any atom is 0.322 e. The van der Waals surface area contributed by atoms with Gasteiger partial charge in [0.2, 0.25) is 0 Å². The van der Waals surface area contributed by atoms with Crippen LogP contribution < -0.4 is 10.9 Å². The highest BCUT2D eigenvalue weighted by Crippen LogP contribution is 2.30. The molecule has 0 radical (unpaired) electrons. The number of carbonyl (C=O) groups is 2. The zero-order valence-electron chi connectivity index (χ0n) is 14.6. The number of aromatic hydroxyl groups is 1. The van der Waals surface area contributed by atoms with Gasteiger partial charge in [0.15, 0.2) is 0 Å². The summed E-state index contributed by atoms with van der Waals surface area (Å²) in [6, 6.07) is 4.56. The van der Waals surface area contributed by atoms with Gasteiger partial charge in [0, 0.05) is 11.8 Å². The Morgan fingerprint density at radius 2 is 1.72 bits per heavy atom. The van der Waals surface area contributed by atoms with E-state index in [-0.39, 0.29) is 28.5 Å². The Bertz CT molecular complexity index is 1210. The number of aliphatic carboxylic acids is 1. The molecule has 3 rings (SSSR count). The van der Waals surface area contributed by atoms with Crippen LogP contribution in [0.4, 0.5) is 13.2 Å². The van der Waals surface area contributed by atoms with Crippen LogP contribution in [0.3, 0.4) is 0 Å². The first-order valence-electron chi connectivity index (χ1n) is 8.18. The van der Waals surface area contributed by atoms with E-state index in [0.717, 1.165) is 30.3 Å². The number of pyridine rings is 1. The Morgan fingerprint density at radius 3 is 2.41 bits per heavy atom. The molecule has 7 nitrogen and oxygen atoms in total. The highest BCUT2D eigenvalue weighted by molar-refractivity contribution is 6.03. The molecule has 0 aliphatic carbocycles. The van der Waals surface area contributed by atoms with Gasteiger partial charge < -0.3 is 20.5 Å². The first kappa shape index (κ1) is 19.9. The van der Waals surface area contributed by atoms with Crippen molar-refractivity contribution in [2.45, 2.75) is 6.42 Å². The summed E-state index contributed by atoms with van der Waals surface area (Å²) in [5.41, 5.74) is -2.01. The maximum absolute atomic E-state index is 14.1. The highest BCUT2D eigenvalue weighted by atomic mass is 19.1. The van der Waals surface area contributed by atoms with E-state index >= 15 is 0 Å². The third-order valence-corrected chi connectivity index (χ3v) is 4.16. The number of carboxylic acids is 1. The van der Waals surface area contributed by atoms with Crippen molar-refractivity contribution in [3.8, 4) is 5.75 Å². The first-order chi connectivity index (χ1) is 13.7. The van der Waals surface area contributed by atoms with Gasteiger partial charge in [-0.1, -0.05) is 0 Å². The molecule has 0 spiro atoms. The molecule has 2 aromatic carbocycles. The van der Waals surface area contributed by atoms with Crippen molar-refractivity contribution >= 4 is 22.8 Å². The molecule has 29 heavy (non-hydrogen) atoms. The van der Waals surface area contributed by atoms with Gasteiger partial charge >= 0.3 is 5.97 Å². The van der Waals surface area contributed by atoms with Crippen LogP contribution >= 0.6 is 0 Å². The lowest BCUT2D eigenvalue weighted by Crippen LogP contribution is -2.33. The number of aromatic nitrogens is 1. The van der Waals surface area contributed by atoms with Crippen molar-refractivity contribution in [3.05, 3.63) is 74.8 Å². The van der Waals surface area contributed by atoms with E-state index in [1.807, 2.05) is 5.32 Å². The number of benzene rings is 2. The van der Waals surface area contributed by atoms with Gasteiger partial charge in [-0.2, -0.15) is 0 Å². The predicted molar refractivity (Wildman–Crippen MR) is 95.3 cm³/mol. The number of carboxylic acid groups (broad SMARTS) is 1. The van der Waals surface area contributed by atoms with Gasteiger partial charge in [-0.15, -0.1) is 0 Å². The Hall–Kier alpha value is -3.82. The van der Waals surface area contributed by atoms with Crippen molar-refractivity contribution in [1.82, 2.24) is 10.3 Å². The number of rotatable bonds is 5. The number of hydrogen-bond donors (Lipinski definition) is 4. The summed E-state index contributed by atoms with van der Waals surface area (Å²) in [5, 5.41) is 20.6. The molecule has 0 aliphatic rings. The summed E-state index contributed by atoms with van der Waals surface area (Å²) in [5.74, 6) is -5.73. The third-order valence-electron chi connectivity index (χ3n) is 4.16. The van der Waals surface area contributed by atoms with Gasteiger partial charge in [0.25, 0.3) is 11.5 Å². The molecule has 150 valence electrons. The normalized spacial score (nSPS) is 10.9. The lowest BCUT2D eigenvalue weighted by molar-refractivity contribution is -0.135. The topological polar surface area (TPSA) is 119 Å². The second-order valence-electron chi connectivity index (χ2n) is 6.15. The molecule has 0 unspecified atom stereocenters. The van der Waals surface area contributed by atoms with E-state index in [4.69, 9.17) is 5.11 Å². The molecule has 0 fully saturated rings. The smallest absolute Gasteiger partial charge is 0.322 e. The van der Waals surface area contributed by atoms with E-state index in [2.05, 4.69) is 4.98 Å². The van der Waals surface area contributed by atoms with E-state index < -0.39 is 52.7 Å². The second kappa shape index (κ2) is 7.66. The van der Waals surface area contributed by atoms with Crippen LogP contribution in [-0.2, 0) is 11.2 Å². The Balaban J connectivity index is 2.14. The molecule has 4 N–H and O–H groups in total. The summed E-state index contributed by atoms with van der Waals surface area (Å²) >= 11 is 0. The molecule has 3 aromatic rings. The number of fused-ring (bicyclic) bond motifs is 1. The number of hydrogen-bond acceptors (Lipinski definition) is 4. The SMILES string of the molecule is O=C(O)CNC(=O)c1c(O)c2cc(F)cc(Cc3cc(F)ccc3F)c2[nH]c1=O. The molecule has 10 heteroatoms. The summed E-state index contributed by atoms with van der Waals surface area (Å²) in [4.78, 5) is 37.2. The van der Waals surface area contributed by atoms with Crippen LogP contribution in [0.1, 0.15) is 21.5 Å². The molecule has 1 amide bonds. The quantitative estimate of drug-likeness (QED) is 0.517. The van der Waals surface area contributed by atoms with Gasteiger partial charge in [-0.05, 0) is 41.5 Å². The summed E-state index contributed by atoms with van der Waals surface area (Å²) in [7, 11) is 0. The molecule has 0 saturated carbocycles. The van der Waals surface area contributed by atoms with Crippen LogP contribution in [0, 0.1) is 17.5 Å². The zero-order valence-corrected chi connectivity index (χ0v) is 14.6. The van der Waals surface area contributed by atoms with Gasteiger partial charge in [0.1, 0.15) is 35.3 Å². The number of H-pyrrole nitrogens is 1. The van der Waals surface area contributed by atoms with Crippen molar-refractivity contribution in [2.75, 3.05) is 6.54 Å². The average Bonchev–Trinajstić information content (AvgIpc) is 2.64. The van der Waals surface area contributed by atoms with Crippen LogP contribution in [0.25, 0.3) is 10.9 Å². The summed E-state index contributed by atoms with van der Waals surface area (Å²) in [6.07, 6.45) is -0.308. The van der Waals surface area contributed by atoms with E-state index in [1.165, 1.54) is 0 Å². The lowest BCUT2D eigenvalue weighted by atomic mass is 9.99. The van der Waals surface area contributed by atoms with Crippen LogP contribution in [0.2, 0.25) is 0 Å². The average molecular weight is 406 g/mol. The number of carbonyl (C=O) groups excluding carboxylic acids is 1. The minimum Gasteiger partial charge on any atom is -0.506 e. The molecular weight excluding hydrogens is 393 g/mol. The van der Waals surface area contributed by atoms with E-state index in [9.17, 15) is 32.7 Å². The predicted octanol–water partition coefficient (Wildman–Crippen LogP) is 2.06. The monoisotopic (exact) mass is 406 g/mol. The van der Waals surface area contributed by atoms with Gasteiger partial charge in [-0.25, -0.2) is 13.2 Å². The Morgan fingerprint density at radius 1 is 1.03 bits per heavy atom. The Kier molecular flexibility index (Phi) is 5.26. The fourth-order valence-electron chi connectivity index (χ4n) is 2.89. The summed E-state index contributed by atoms with van der Waals surface area (Å²) < 4.78 is 41.5. The molecule has 1 aromatic heterocycles. The fourth-order valence-corrected chi connectivity index (χ4v) is 2.89. The molecular formula is C19H13F3N2O5. The summed E-state index contributed by atoms with van der Waals surface area (Å²) in [6.45, 7) is -0.803. The standard InChI is InChI=1S/C19H13F3N2O5/c20-10-1-2-13(22)8(4-10)3-9-5-11(21)6-12-16(9)24-19(29)15(17(12)27)18(28)23-7-14(25)26/h1-2,4-6H,3,7H2,(H,23,28)(H,25,26)(H2,24,27,29). The number of nitrogens with one attached hydrogen (secondary N) is 2. The van der Waals surface area contributed by atoms with Gasteiger partial charge in [-0.3, -0.25) is 14.4 Å². The molecule has 0 atom stereocenters. The van der Waals surface area contributed by atoms with Crippen molar-refractivity contribution in [3.63, 3.8) is 0 Å². The Labute approximate surface area is 160 Å². The molecule has 0 bridgehead atoms. The largest absolute Gasteiger partial charge is 0.506 e. The highest BCUT2D eigenvalue weighted by Gasteiger charge is 2.22. The zero-order chi connectivity index (χ0) is 21.3. The van der Waals surface area contributed by atoms with Crippen molar-refractivity contribution < 1.29 is 33.0 Å². The van der Waals surface area contributed by atoms with Crippen LogP contribution in [0.5, 0.6) is 5.75 Å². The second-order valence-corrected chi connectivity index (χ2v) is 6.15. The van der Waals surface area contributed by atoms with Crippen molar-refractivity contribution in [1.29, 1.82) is 0 Å². The van der Waals surface area contributed by atoms with Crippen LogP contribution in [-0.4, -0.2) is 33.6 Å². The molecule has 1 heterocycles. The number of halogens is 3. The molecule has 0 saturated heterocycles. The van der Waals surface area contributed by atoms with Crippen LogP contribution in [0.15, 0.2) is 35.1 Å². The number of aromatic amines is 1. The van der Waals surface area contributed by atoms with Crippen molar-refractivity contribution in [2.24, 2.45) is 0 Å².